The van der Waals surface area contributed by atoms with Gasteiger partial charge in [-0.3, -0.25) is 0 Å². The molecule has 1 fully saturated rings. The number of hydrogen-bond donors (Lipinski definition) is 1. The van der Waals surface area contributed by atoms with Gasteiger partial charge in [0.2, 0.25) is 0 Å². The lowest BCUT2D eigenvalue weighted by atomic mass is 10.2. The predicted octanol–water partition coefficient (Wildman–Crippen LogP) is 1.37. The third-order valence-electron chi connectivity index (χ3n) is 2.17. The summed E-state index contributed by atoms with van der Waals surface area (Å²) in [5, 5.41) is 3.35. The quantitative estimate of drug-likeness (QED) is 0.889. The third-order valence-corrected chi connectivity index (χ3v) is 2.58. The van der Waals surface area contributed by atoms with Gasteiger partial charge in [0.15, 0.2) is 0 Å². The molecule has 0 bridgehead atoms. The highest BCUT2D eigenvalue weighted by atomic mass is 79.9. The van der Waals surface area contributed by atoms with E-state index >= 15 is 0 Å². The minimum atomic E-state index is 0.446. The van der Waals surface area contributed by atoms with Gasteiger partial charge in [0.05, 0.1) is 4.47 Å². The van der Waals surface area contributed by atoms with E-state index in [0.717, 1.165) is 11.0 Å². The normalized spacial score (nSPS) is 21.1. The summed E-state index contributed by atoms with van der Waals surface area (Å²) in [6.07, 6.45) is 5.78. The van der Waals surface area contributed by atoms with Gasteiger partial charge in [-0.2, -0.15) is 0 Å². The largest absolute Gasteiger partial charge is 0.462 e. The second-order valence-corrected chi connectivity index (χ2v) is 4.20. The van der Waals surface area contributed by atoms with Crippen molar-refractivity contribution >= 4 is 15.9 Å². The Kier molecular flexibility index (Phi) is 3.31. The van der Waals surface area contributed by atoms with Gasteiger partial charge in [0.1, 0.15) is 6.61 Å². The van der Waals surface area contributed by atoms with Gasteiger partial charge >= 0.3 is 6.01 Å². The van der Waals surface area contributed by atoms with Gasteiger partial charge in [-0.15, -0.1) is 0 Å². The second-order valence-electron chi connectivity index (χ2n) is 3.29. The first-order chi connectivity index (χ1) is 6.84. The topological polar surface area (TPSA) is 47.0 Å². The molecule has 1 aliphatic heterocycles. The Balaban J connectivity index is 1.82. The number of nitrogens with zero attached hydrogens (tertiary/aromatic N) is 2. The molecule has 1 atom stereocenters. The molecule has 1 aliphatic rings. The zero-order valence-electron chi connectivity index (χ0n) is 7.74. The molecule has 0 radical (unpaired) electrons. The van der Waals surface area contributed by atoms with E-state index in [4.69, 9.17) is 4.74 Å². The second kappa shape index (κ2) is 4.70. The van der Waals surface area contributed by atoms with E-state index in [1.54, 1.807) is 12.4 Å². The Morgan fingerprint density at radius 3 is 2.93 bits per heavy atom. The van der Waals surface area contributed by atoms with E-state index in [1.165, 1.54) is 12.8 Å². The summed E-state index contributed by atoms with van der Waals surface area (Å²) in [5.74, 6) is 0. The van der Waals surface area contributed by atoms with Crippen LogP contribution < -0.4 is 10.1 Å². The lowest BCUT2D eigenvalue weighted by Crippen LogP contribution is -2.28. The van der Waals surface area contributed by atoms with Crippen molar-refractivity contribution in [3.8, 4) is 6.01 Å². The fourth-order valence-corrected chi connectivity index (χ4v) is 1.65. The SMILES string of the molecule is Brc1cnc(OCC2CCCN2)nc1. The molecule has 4 nitrogen and oxygen atoms in total. The zero-order chi connectivity index (χ0) is 9.80. The van der Waals surface area contributed by atoms with Crippen molar-refractivity contribution in [1.29, 1.82) is 0 Å². The molecule has 2 rings (SSSR count). The van der Waals surface area contributed by atoms with E-state index in [1.807, 2.05) is 0 Å². The van der Waals surface area contributed by atoms with E-state index in [-0.39, 0.29) is 0 Å². The van der Waals surface area contributed by atoms with Crippen molar-refractivity contribution in [2.24, 2.45) is 0 Å². The van der Waals surface area contributed by atoms with Gasteiger partial charge in [0, 0.05) is 18.4 Å². The highest BCUT2D eigenvalue weighted by Crippen LogP contribution is 2.10. The highest BCUT2D eigenvalue weighted by molar-refractivity contribution is 9.10. The van der Waals surface area contributed by atoms with Crippen LogP contribution in [-0.2, 0) is 0 Å². The molecule has 5 heteroatoms. The third kappa shape index (κ3) is 2.65. The zero-order valence-corrected chi connectivity index (χ0v) is 9.33. The van der Waals surface area contributed by atoms with Crippen molar-refractivity contribution in [2.75, 3.05) is 13.2 Å². The lowest BCUT2D eigenvalue weighted by Gasteiger charge is -2.09. The highest BCUT2D eigenvalue weighted by Gasteiger charge is 2.14. The van der Waals surface area contributed by atoms with E-state index in [0.29, 0.717) is 18.7 Å². The summed E-state index contributed by atoms with van der Waals surface area (Å²) in [6.45, 7) is 1.75. The average Bonchev–Trinajstić information content (AvgIpc) is 2.70. The van der Waals surface area contributed by atoms with Crippen molar-refractivity contribution in [1.82, 2.24) is 15.3 Å². The Labute approximate surface area is 91.2 Å². The fourth-order valence-electron chi connectivity index (χ4n) is 1.45. The first kappa shape index (κ1) is 9.86. The van der Waals surface area contributed by atoms with Crippen LogP contribution in [0.2, 0.25) is 0 Å². The summed E-state index contributed by atoms with van der Waals surface area (Å²) in [5.41, 5.74) is 0. The number of ether oxygens (including phenoxy) is 1. The molecule has 1 saturated heterocycles. The van der Waals surface area contributed by atoms with Crippen molar-refractivity contribution in [3.05, 3.63) is 16.9 Å². The van der Waals surface area contributed by atoms with Gasteiger partial charge in [0.25, 0.3) is 0 Å². The molecule has 2 heterocycles. The standard InChI is InChI=1S/C9H12BrN3O/c10-7-4-12-9(13-5-7)14-6-8-2-1-3-11-8/h4-5,8,11H,1-3,6H2. The molecule has 0 amide bonds. The number of nitrogens with one attached hydrogen (secondary N) is 1. The Bertz CT molecular complexity index is 285. The molecule has 0 spiro atoms. The van der Waals surface area contributed by atoms with Crippen molar-refractivity contribution in [2.45, 2.75) is 18.9 Å². The number of hydrogen-bond acceptors (Lipinski definition) is 4. The average molecular weight is 258 g/mol. The van der Waals surface area contributed by atoms with Crippen molar-refractivity contribution in [3.63, 3.8) is 0 Å². The van der Waals surface area contributed by atoms with Gasteiger partial charge in [-0.05, 0) is 35.3 Å². The lowest BCUT2D eigenvalue weighted by molar-refractivity contribution is 0.257. The number of halogens is 1. The van der Waals surface area contributed by atoms with Crippen molar-refractivity contribution < 1.29 is 4.74 Å². The Morgan fingerprint density at radius 1 is 1.50 bits per heavy atom. The van der Waals surface area contributed by atoms with Crippen LogP contribution in [0.25, 0.3) is 0 Å². The molecule has 0 aromatic carbocycles. The fraction of sp³-hybridized carbons (Fsp3) is 0.556. The minimum Gasteiger partial charge on any atom is -0.462 e. The molecular weight excluding hydrogens is 246 g/mol. The molecule has 76 valence electrons. The summed E-state index contributed by atoms with van der Waals surface area (Å²) in [4.78, 5) is 8.06. The van der Waals surface area contributed by atoms with E-state index in [9.17, 15) is 0 Å². The maximum Gasteiger partial charge on any atom is 0.316 e. The molecule has 14 heavy (non-hydrogen) atoms. The molecule has 1 unspecified atom stereocenters. The van der Waals surface area contributed by atoms with Gasteiger partial charge < -0.3 is 10.1 Å². The summed E-state index contributed by atoms with van der Waals surface area (Å²) in [7, 11) is 0. The first-order valence-electron chi connectivity index (χ1n) is 4.68. The van der Waals surface area contributed by atoms with E-state index in [2.05, 4.69) is 31.2 Å². The molecular formula is C9H12BrN3O. The van der Waals surface area contributed by atoms with Gasteiger partial charge in [-0.1, -0.05) is 0 Å². The predicted molar refractivity (Wildman–Crippen MR) is 56.3 cm³/mol. The van der Waals surface area contributed by atoms with Crippen LogP contribution in [0, 0.1) is 0 Å². The van der Waals surface area contributed by atoms with Crippen LogP contribution in [0.3, 0.4) is 0 Å². The Hall–Kier alpha value is -0.680. The van der Waals surface area contributed by atoms with Crippen LogP contribution in [0.5, 0.6) is 6.01 Å². The maximum atomic E-state index is 5.44. The molecule has 1 N–H and O–H groups in total. The molecule has 0 saturated carbocycles. The maximum absolute atomic E-state index is 5.44. The van der Waals surface area contributed by atoms with Crippen LogP contribution in [0.1, 0.15) is 12.8 Å². The van der Waals surface area contributed by atoms with Crippen LogP contribution in [0.15, 0.2) is 16.9 Å². The number of aromatic nitrogens is 2. The summed E-state index contributed by atoms with van der Waals surface area (Å²) >= 11 is 3.27. The summed E-state index contributed by atoms with van der Waals surface area (Å²) in [6, 6.07) is 0.907. The van der Waals surface area contributed by atoms with Gasteiger partial charge in [-0.25, -0.2) is 9.97 Å². The summed E-state index contributed by atoms with van der Waals surface area (Å²) < 4.78 is 6.30. The Morgan fingerprint density at radius 2 is 2.29 bits per heavy atom. The van der Waals surface area contributed by atoms with Crippen LogP contribution in [0.4, 0.5) is 0 Å². The smallest absolute Gasteiger partial charge is 0.316 e. The molecule has 1 aromatic rings. The monoisotopic (exact) mass is 257 g/mol. The van der Waals surface area contributed by atoms with Crippen LogP contribution >= 0.6 is 15.9 Å². The molecule has 0 aliphatic carbocycles. The number of rotatable bonds is 3. The first-order valence-corrected chi connectivity index (χ1v) is 5.47. The molecule has 1 aromatic heterocycles. The van der Waals surface area contributed by atoms with E-state index < -0.39 is 0 Å². The minimum absolute atomic E-state index is 0.446. The van der Waals surface area contributed by atoms with Crippen LogP contribution in [-0.4, -0.2) is 29.2 Å².